The van der Waals surface area contributed by atoms with Gasteiger partial charge in [0.05, 0.1) is 28.4 Å². The van der Waals surface area contributed by atoms with Gasteiger partial charge in [0.15, 0.2) is 0 Å². The molecule has 4 nitrogen and oxygen atoms in total. The number of rotatable bonds is 8. The summed E-state index contributed by atoms with van der Waals surface area (Å²) in [5.74, 6) is 1.43. The molecule has 4 rings (SSSR count). The zero-order valence-electron chi connectivity index (χ0n) is 17.8. The quantitative estimate of drug-likeness (QED) is 0.397. The predicted octanol–water partition coefficient (Wildman–Crippen LogP) is 6.34. The molecule has 0 aliphatic heterocycles. The summed E-state index contributed by atoms with van der Waals surface area (Å²) < 4.78 is 12.6. The first-order valence-electron chi connectivity index (χ1n) is 10.9. The molecule has 0 atom stereocenters. The zero-order valence-corrected chi connectivity index (χ0v) is 18.6. The van der Waals surface area contributed by atoms with E-state index < -0.39 is 0 Å². The highest BCUT2D eigenvalue weighted by Gasteiger charge is 2.17. The summed E-state index contributed by atoms with van der Waals surface area (Å²) in [5.41, 5.74) is 4.37. The van der Waals surface area contributed by atoms with Gasteiger partial charge in [-0.1, -0.05) is 25.0 Å². The van der Waals surface area contributed by atoms with Crippen molar-refractivity contribution in [3.05, 3.63) is 47.0 Å². The Morgan fingerprint density at radius 3 is 2.80 bits per heavy atom. The topological polar surface area (TPSA) is 48.4 Å². The molecule has 0 N–H and O–H groups in total. The molecule has 1 fully saturated rings. The van der Waals surface area contributed by atoms with E-state index in [1.807, 2.05) is 13.8 Å². The van der Waals surface area contributed by atoms with Crippen LogP contribution in [-0.4, -0.2) is 24.2 Å². The summed E-state index contributed by atoms with van der Waals surface area (Å²) in [7, 11) is 0. The Hall–Kier alpha value is -2.40. The lowest BCUT2D eigenvalue weighted by atomic mass is 9.99. The Kier molecular flexibility index (Phi) is 6.68. The van der Waals surface area contributed by atoms with Crippen LogP contribution in [0.15, 0.2) is 36.4 Å². The molecule has 0 spiro atoms. The Bertz CT molecular complexity index is 1020. The van der Waals surface area contributed by atoms with E-state index in [0.717, 1.165) is 39.6 Å². The van der Waals surface area contributed by atoms with Crippen LogP contribution < -0.4 is 4.74 Å². The molecular formula is C25H29NO3S. The number of benzene rings is 2. The second kappa shape index (κ2) is 9.61. The van der Waals surface area contributed by atoms with Crippen molar-refractivity contribution in [1.82, 2.24) is 4.98 Å². The number of ether oxygens (including phenoxy) is 2. The third kappa shape index (κ3) is 5.01. The number of nitrogens with zero attached hydrogens (tertiary/aromatic N) is 1. The van der Waals surface area contributed by atoms with Crippen molar-refractivity contribution in [2.45, 2.75) is 52.4 Å². The van der Waals surface area contributed by atoms with E-state index in [-0.39, 0.29) is 5.97 Å². The summed E-state index contributed by atoms with van der Waals surface area (Å²) in [6.45, 7) is 5.07. The third-order valence-corrected chi connectivity index (χ3v) is 6.66. The van der Waals surface area contributed by atoms with Crippen LogP contribution in [0.25, 0.3) is 21.3 Å². The highest BCUT2D eigenvalue weighted by molar-refractivity contribution is 7.18. The number of carbonyl (C=O) groups is 1. The number of aromatic nitrogens is 1. The Morgan fingerprint density at radius 1 is 1.17 bits per heavy atom. The Labute approximate surface area is 182 Å². The summed E-state index contributed by atoms with van der Waals surface area (Å²) in [6.07, 6.45) is 6.21. The van der Waals surface area contributed by atoms with Gasteiger partial charge in [-0.15, -0.1) is 11.3 Å². The second-order valence-corrected chi connectivity index (χ2v) is 9.25. The van der Waals surface area contributed by atoms with Crippen molar-refractivity contribution in [2.24, 2.45) is 5.92 Å². The molecule has 1 heterocycles. The maximum Gasteiger partial charge on any atom is 0.306 e. The predicted molar refractivity (Wildman–Crippen MR) is 122 cm³/mol. The van der Waals surface area contributed by atoms with Crippen LogP contribution >= 0.6 is 11.3 Å². The molecule has 30 heavy (non-hydrogen) atoms. The van der Waals surface area contributed by atoms with Gasteiger partial charge in [-0.05, 0) is 74.4 Å². The van der Waals surface area contributed by atoms with E-state index >= 15 is 0 Å². The first-order chi connectivity index (χ1) is 14.6. The summed E-state index contributed by atoms with van der Waals surface area (Å²) in [4.78, 5) is 16.4. The normalized spacial score (nSPS) is 14.3. The van der Waals surface area contributed by atoms with Crippen LogP contribution in [-0.2, 0) is 16.0 Å². The van der Waals surface area contributed by atoms with Gasteiger partial charge < -0.3 is 9.47 Å². The van der Waals surface area contributed by atoms with Gasteiger partial charge in [0, 0.05) is 12.0 Å². The van der Waals surface area contributed by atoms with Crippen molar-refractivity contribution in [2.75, 3.05) is 13.2 Å². The minimum Gasteiger partial charge on any atom is -0.493 e. The van der Waals surface area contributed by atoms with Gasteiger partial charge in [-0.3, -0.25) is 4.79 Å². The first kappa shape index (κ1) is 20.9. The molecule has 0 amide bonds. The highest BCUT2D eigenvalue weighted by Crippen LogP contribution is 2.36. The molecule has 158 valence electrons. The fourth-order valence-corrected chi connectivity index (χ4v) is 5.02. The smallest absolute Gasteiger partial charge is 0.306 e. The van der Waals surface area contributed by atoms with Crippen LogP contribution in [0.4, 0.5) is 0 Å². The lowest BCUT2D eigenvalue weighted by molar-refractivity contribution is -0.143. The average Bonchev–Trinajstić information content (AvgIpc) is 3.39. The molecule has 0 radical (unpaired) electrons. The van der Waals surface area contributed by atoms with E-state index in [2.05, 4.69) is 41.4 Å². The van der Waals surface area contributed by atoms with Crippen molar-refractivity contribution < 1.29 is 14.3 Å². The molecule has 0 saturated heterocycles. The zero-order chi connectivity index (χ0) is 20.9. The number of thiazole rings is 1. The van der Waals surface area contributed by atoms with E-state index in [9.17, 15) is 4.79 Å². The SMILES string of the molecule is CCOC(=O)CCc1ccc(OCC2CCCC2)c(-c2ccc3nc(C)sc3c2)c1. The number of carbonyl (C=O) groups excluding carboxylic acids is 1. The van der Waals surface area contributed by atoms with Gasteiger partial charge in [0.2, 0.25) is 0 Å². The van der Waals surface area contributed by atoms with Crippen LogP contribution in [0, 0.1) is 12.8 Å². The maximum absolute atomic E-state index is 11.8. The number of hydrogen-bond acceptors (Lipinski definition) is 5. The average molecular weight is 424 g/mol. The summed E-state index contributed by atoms with van der Waals surface area (Å²) >= 11 is 1.71. The summed E-state index contributed by atoms with van der Waals surface area (Å²) in [5, 5.41) is 1.07. The maximum atomic E-state index is 11.8. The minimum absolute atomic E-state index is 0.151. The Morgan fingerprint density at radius 2 is 2.00 bits per heavy atom. The molecule has 1 aliphatic carbocycles. The number of fused-ring (bicyclic) bond motifs is 1. The van der Waals surface area contributed by atoms with E-state index in [4.69, 9.17) is 9.47 Å². The van der Waals surface area contributed by atoms with Gasteiger partial charge in [0.1, 0.15) is 5.75 Å². The fraction of sp³-hybridized carbons (Fsp3) is 0.440. The lowest BCUT2D eigenvalue weighted by Crippen LogP contribution is -2.09. The largest absolute Gasteiger partial charge is 0.493 e. The molecular weight excluding hydrogens is 394 g/mol. The fourth-order valence-electron chi connectivity index (χ4n) is 4.16. The van der Waals surface area contributed by atoms with Gasteiger partial charge in [0.25, 0.3) is 0 Å². The van der Waals surface area contributed by atoms with Gasteiger partial charge >= 0.3 is 5.97 Å². The van der Waals surface area contributed by atoms with E-state index in [1.54, 1.807) is 11.3 Å². The molecule has 5 heteroatoms. The minimum atomic E-state index is -0.151. The van der Waals surface area contributed by atoms with Crippen LogP contribution in [0.2, 0.25) is 0 Å². The number of esters is 1. The van der Waals surface area contributed by atoms with Crippen LogP contribution in [0.3, 0.4) is 0 Å². The first-order valence-corrected chi connectivity index (χ1v) is 11.7. The van der Waals surface area contributed by atoms with Crippen LogP contribution in [0.5, 0.6) is 5.75 Å². The van der Waals surface area contributed by atoms with Crippen LogP contribution in [0.1, 0.15) is 49.6 Å². The monoisotopic (exact) mass is 423 g/mol. The molecule has 2 aromatic carbocycles. The molecule has 1 saturated carbocycles. The van der Waals surface area contributed by atoms with Crippen molar-refractivity contribution >= 4 is 27.5 Å². The highest BCUT2D eigenvalue weighted by atomic mass is 32.1. The van der Waals surface area contributed by atoms with Gasteiger partial charge in [-0.25, -0.2) is 4.98 Å². The number of aryl methyl sites for hydroxylation is 2. The van der Waals surface area contributed by atoms with E-state index in [1.165, 1.54) is 30.4 Å². The number of hydrogen-bond donors (Lipinski definition) is 0. The molecule has 1 aliphatic rings. The standard InChI is InChI=1S/C25H29NO3S/c1-3-28-25(27)13-9-18-8-12-23(29-16-19-6-4-5-7-19)21(14-18)20-10-11-22-24(15-20)30-17(2)26-22/h8,10-12,14-15,19H,3-7,9,13,16H2,1-2H3. The van der Waals surface area contributed by atoms with Crippen molar-refractivity contribution in [3.63, 3.8) is 0 Å². The molecule has 0 bridgehead atoms. The molecule has 1 aromatic heterocycles. The van der Waals surface area contributed by atoms with Crippen molar-refractivity contribution in [1.29, 1.82) is 0 Å². The third-order valence-electron chi connectivity index (χ3n) is 5.72. The molecule has 0 unspecified atom stereocenters. The van der Waals surface area contributed by atoms with Gasteiger partial charge in [-0.2, -0.15) is 0 Å². The Balaban J connectivity index is 1.61. The second-order valence-electron chi connectivity index (χ2n) is 8.01. The van der Waals surface area contributed by atoms with Crippen molar-refractivity contribution in [3.8, 4) is 16.9 Å². The molecule has 3 aromatic rings. The van der Waals surface area contributed by atoms with E-state index in [0.29, 0.717) is 25.4 Å². The lowest BCUT2D eigenvalue weighted by Gasteiger charge is -2.16. The summed E-state index contributed by atoms with van der Waals surface area (Å²) in [6, 6.07) is 12.7.